The van der Waals surface area contributed by atoms with Gasteiger partial charge < -0.3 is 20.1 Å². The van der Waals surface area contributed by atoms with Gasteiger partial charge in [0, 0.05) is 38.2 Å². The molecule has 140 valence electrons. The Bertz CT molecular complexity index is 416. The minimum absolute atomic E-state index is 0. The van der Waals surface area contributed by atoms with Crippen LogP contribution in [-0.4, -0.2) is 52.5 Å². The van der Waals surface area contributed by atoms with E-state index in [4.69, 9.17) is 9.47 Å². The fourth-order valence-electron chi connectivity index (χ4n) is 2.05. The van der Waals surface area contributed by atoms with Crippen molar-refractivity contribution in [2.45, 2.75) is 26.7 Å². The lowest BCUT2D eigenvalue weighted by molar-refractivity contribution is 0.0698. The Hall–Kier alpha value is -0.380. The predicted octanol–water partition coefficient (Wildman–Crippen LogP) is 3.15. The molecule has 0 aliphatic rings. The third-order valence-electron chi connectivity index (χ3n) is 3.22. The van der Waals surface area contributed by atoms with Crippen molar-refractivity contribution in [2.75, 3.05) is 46.6 Å². The zero-order valence-electron chi connectivity index (χ0n) is 15.0. The molecule has 5 nitrogen and oxygen atoms in total. The van der Waals surface area contributed by atoms with Crippen molar-refractivity contribution in [1.29, 1.82) is 0 Å². The number of thiophene rings is 1. The predicted molar refractivity (Wildman–Crippen MR) is 114 cm³/mol. The molecule has 1 rings (SSSR count). The zero-order valence-corrected chi connectivity index (χ0v) is 18.2. The van der Waals surface area contributed by atoms with Gasteiger partial charge in [0.1, 0.15) is 0 Å². The highest BCUT2D eigenvalue weighted by Gasteiger charge is 2.05. The lowest BCUT2D eigenvalue weighted by Crippen LogP contribution is -2.38. The Morgan fingerprint density at radius 2 is 2.12 bits per heavy atom. The van der Waals surface area contributed by atoms with Gasteiger partial charge in [-0.25, -0.2) is 0 Å². The number of hydrogen-bond donors (Lipinski definition) is 2. The Morgan fingerprint density at radius 3 is 2.79 bits per heavy atom. The van der Waals surface area contributed by atoms with Crippen LogP contribution in [0.3, 0.4) is 0 Å². The van der Waals surface area contributed by atoms with Gasteiger partial charge in [-0.2, -0.15) is 0 Å². The van der Waals surface area contributed by atoms with Gasteiger partial charge >= 0.3 is 0 Å². The summed E-state index contributed by atoms with van der Waals surface area (Å²) in [4.78, 5) is 6.11. The third kappa shape index (κ3) is 12.0. The van der Waals surface area contributed by atoms with Crippen LogP contribution in [0, 0.1) is 5.92 Å². The number of nitrogens with one attached hydrogen (secondary N) is 2. The van der Waals surface area contributed by atoms with E-state index in [9.17, 15) is 0 Å². The summed E-state index contributed by atoms with van der Waals surface area (Å²) < 4.78 is 10.4. The second-order valence-electron chi connectivity index (χ2n) is 5.49. The van der Waals surface area contributed by atoms with Crippen molar-refractivity contribution in [1.82, 2.24) is 10.6 Å². The molecule has 1 atom stereocenters. The van der Waals surface area contributed by atoms with Crippen molar-refractivity contribution < 1.29 is 9.47 Å². The minimum Gasteiger partial charge on any atom is -0.382 e. The highest BCUT2D eigenvalue weighted by Crippen LogP contribution is 2.14. The van der Waals surface area contributed by atoms with Crippen molar-refractivity contribution in [3.63, 3.8) is 0 Å². The molecule has 0 spiro atoms. The van der Waals surface area contributed by atoms with Gasteiger partial charge in [-0.15, -0.1) is 35.3 Å². The molecule has 0 radical (unpaired) electrons. The molecule has 0 aromatic carbocycles. The monoisotopic (exact) mass is 469 g/mol. The van der Waals surface area contributed by atoms with Gasteiger partial charge in [0.25, 0.3) is 0 Å². The fourth-order valence-corrected chi connectivity index (χ4v) is 2.92. The molecule has 24 heavy (non-hydrogen) atoms. The smallest absolute Gasteiger partial charge is 0.191 e. The zero-order chi connectivity index (χ0) is 16.8. The van der Waals surface area contributed by atoms with Crippen LogP contribution in [0.25, 0.3) is 0 Å². The number of hydrogen-bond acceptors (Lipinski definition) is 4. The molecule has 0 bridgehead atoms. The third-order valence-corrected chi connectivity index (χ3v) is 4.12. The Labute approximate surface area is 167 Å². The number of rotatable bonds is 12. The van der Waals surface area contributed by atoms with E-state index in [2.05, 4.69) is 47.0 Å². The number of ether oxygens (including phenoxy) is 2. The molecule has 0 saturated carbocycles. The molecular weight excluding hydrogens is 437 g/mol. The summed E-state index contributed by atoms with van der Waals surface area (Å²) in [6, 6.07) is 4.30. The normalized spacial score (nSPS) is 12.5. The fraction of sp³-hybridized carbons (Fsp3) is 0.706. The second-order valence-corrected chi connectivity index (χ2v) is 6.53. The summed E-state index contributed by atoms with van der Waals surface area (Å²) in [7, 11) is 1.68. The molecule has 0 fully saturated rings. The van der Waals surface area contributed by atoms with Crippen LogP contribution in [0.15, 0.2) is 22.5 Å². The second kappa shape index (κ2) is 16.1. The maximum atomic E-state index is 5.45. The van der Waals surface area contributed by atoms with E-state index in [-0.39, 0.29) is 24.0 Å². The van der Waals surface area contributed by atoms with E-state index in [1.165, 1.54) is 4.88 Å². The van der Waals surface area contributed by atoms with Gasteiger partial charge in [0.15, 0.2) is 5.96 Å². The Morgan fingerprint density at radius 1 is 1.29 bits per heavy atom. The van der Waals surface area contributed by atoms with E-state index in [1.54, 1.807) is 7.11 Å². The standard InChI is InChI=1S/C17H31N3O2S.HI/c1-4-18-17(19-8-6-9-22-11-10-21-3)20-14-15(2)13-16-7-5-12-23-16;/h5,7,12,15H,4,6,8-11,13-14H2,1-3H3,(H2,18,19,20);1H. The van der Waals surface area contributed by atoms with Crippen LogP contribution in [0.2, 0.25) is 0 Å². The van der Waals surface area contributed by atoms with Gasteiger partial charge in [-0.1, -0.05) is 13.0 Å². The average molecular weight is 469 g/mol. The lowest BCUT2D eigenvalue weighted by Gasteiger charge is -2.13. The first-order chi connectivity index (χ1) is 11.3. The molecular formula is C17H32IN3O2S. The molecule has 1 aromatic heterocycles. The summed E-state index contributed by atoms with van der Waals surface area (Å²) in [5.41, 5.74) is 0. The van der Waals surface area contributed by atoms with Crippen molar-refractivity contribution in [2.24, 2.45) is 10.9 Å². The van der Waals surface area contributed by atoms with Crippen molar-refractivity contribution >= 4 is 41.3 Å². The first kappa shape index (κ1) is 23.6. The number of aliphatic imine (C=N–C) groups is 1. The molecule has 1 aromatic rings. The Balaban J connectivity index is 0.00000529. The first-order valence-corrected chi connectivity index (χ1v) is 9.25. The van der Waals surface area contributed by atoms with Crippen LogP contribution in [0.1, 0.15) is 25.1 Å². The number of guanidine groups is 1. The van der Waals surface area contributed by atoms with Crippen molar-refractivity contribution in [3.8, 4) is 0 Å². The molecule has 7 heteroatoms. The molecule has 1 unspecified atom stereocenters. The highest BCUT2D eigenvalue weighted by atomic mass is 127. The Kier molecular flexibility index (Phi) is 15.9. The van der Waals surface area contributed by atoms with Gasteiger partial charge in [-0.05, 0) is 37.1 Å². The van der Waals surface area contributed by atoms with Crippen LogP contribution in [0.5, 0.6) is 0 Å². The molecule has 0 aliphatic carbocycles. The highest BCUT2D eigenvalue weighted by molar-refractivity contribution is 14.0. The molecule has 0 saturated heterocycles. The summed E-state index contributed by atoms with van der Waals surface area (Å²) in [6.07, 6.45) is 2.05. The average Bonchev–Trinajstić information content (AvgIpc) is 3.04. The van der Waals surface area contributed by atoms with Crippen molar-refractivity contribution in [3.05, 3.63) is 22.4 Å². The SMILES string of the molecule is CCNC(=NCC(C)Cc1cccs1)NCCCOCCOC.I. The van der Waals surface area contributed by atoms with E-state index < -0.39 is 0 Å². The summed E-state index contributed by atoms with van der Waals surface area (Å²) in [5.74, 6) is 1.43. The van der Waals surface area contributed by atoms with E-state index in [1.807, 2.05) is 11.3 Å². The van der Waals surface area contributed by atoms with Gasteiger partial charge in [0.2, 0.25) is 0 Å². The quantitative estimate of drug-likeness (QED) is 0.214. The topological polar surface area (TPSA) is 54.9 Å². The van der Waals surface area contributed by atoms with Crippen LogP contribution >= 0.6 is 35.3 Å². The number of methoxy groups -OCH3 is 1. The molecule has 1 heterocycles. The largest absolute Gasteiger partial charge is 0.382 e. The van der Waals surface area contributed by atoms with Crippen LogP contribution < -0.4 is 10.6 Å². The molecule has 0 aliphatic heterocycles. The summed E-state index contributed by atoms with van der Waals surface area (Å²) >= 11 is 1.82. The lowest BCUT2D eigenvalue weighted by atomic mass is 10.1. The molecule has 0 amide bonds. The maximum absolute atomic E-state index is 5.45. The minimum atomic E-state index is 0. The summed E-state index contributed by atoms with van der Waals surface area (Å²) in [5, 5.41) is 8.78. The van der Waals surface area contributed by atoms with E-state index in [0.29, 0.717) is 19.1 Å². The number of halogens is 1. The maximum Gasteiger partial charge on any atom is 0.191 e. The van der Waals surface area contributed by atoms with E-state index >= 15 is 0 Å². The summed E-state index contributed by atoms with van der Waals surface area (Å²) in [6.45, 7) is 8.94. The van der Waals surface area contributed by atoms with E-state index in [0.717, 1.165) is 45.0 Å². The van der Waals surface area contributed by atoms with Crippen LogP contribution in [-0.2, 0) is 15.9 Å². The first-order valence-electron chi connectivity index (χ1n) is 8.37. The number of nitrogens with zero attached hydrogens (tertiary/aromatic N) is 1. The van der Waals surface area contributed by atoms with Crippen LogP contribution in [0.4, 0.5) is 0 Å². The van der Waals surface area contributed by atoms with Gasteiger partial charge in [-0.3, -0.25) is 4.99 Å². The van der Waals surface area contributed by atoms with Gasteiger partial charge in [0.05, 0.1) is 13.2 Å². The molecule has 2 N–H and O–H groups in total.